The van der Waals surface area contributed by atoms with Crippen molar-refractivity contribution in [1.29, 1.82) is 0 Å². The van der Waals surface area contributed by atoms with Crippen molar-refractivity contribution in [2.45, 2.75) is 18.9 Å². The van der Waals surface area contributed by atoms with Crippen molar-refractivity contribution in [1.82, 2.24) is 19.2 Å². The highest BCUT2D eigenvalue weighted by molar-refractivity contribution is 6.99. The number of piperidine rings is 1. The predicted molar refractivity (Wildman–Crippen MR) is 112 cm³/mol. The van der Waals surface area contributed by atoms with Gasteiger partial charge in [-0.2, -0.15) is 8.75 Å². The van der Waals surface area contributed by atoms with Gasteiger partial charge in [-0.3, -0.25) is 4.79 Å². The highest BCUT2D eigenvalue weighted by Crippen LogP contribution is 2.29. The second-order valence-electron chi connectivity index (χ2n) is 7.11. The maximum absolute atomic E-state index is 12.8. The number of carbonyl (C=O) groups is 1. The van der Waals surface area contributed by atoms with Crippen LogP contribution >= 0.6 is 11.7 Å². The molecule has 8 heteroatoms. The number of hydrogen-bond acceptors (Lipinski definition) is 7. The summed E-state index contributed by atoms with van der Waals surface area (Å²) in [6, 6.07) is 15.4. The number of hydrogen-bond donors (Lipinski definition) is 1. The van der Waals surface area contributed by atoms with Crippen LogP contribution in [0.25, 0.3) is 22.2 Å². The van der Waals surface area contributed by atoms with Crippen molar-refractivity contribution in [2.24, 2.45) is 0 Å². The van der Waals surface area contributed by atoms with Crippen molar-refractivity contribution in [3.8, 4) is 11.3 Å². The first-order valence-corrected chi connectivity index (χ1v) is 10.3. The summed E-state index contributed by atoms with van der Waals surface area (Å²) in [5, 5.41) is 8.13. The minimum Gasteiger partial charge on any atom is -0.355 e. The van der Waals surface area contributed by atoms with E-state index < -0.39 is 0 Å². The lowest BCUT2D eigenvalue weighted by atomic mass is 10.0. The first-order chi connectivity index (χ1) is 14.3. The zero-order chi connectivity index (χ0) is 19.6. The van der Waals surface area contributed by atoms with E-state index in [1.54, 1.807) is 12.3 Å². The molecule has 1 N–H and O–H groups in total. The molecule has 0 spiro atoms. The number of amides is 1. The monoisotopic (exact) mass is 405 g/mol. The van der Waals surface area contributed by atoms with Gasteiger partial charge in [-0.1, -0.05) is 35.5 Å². The molecule has 0 saturated carbocycles. The molecule has 4 aromatic rings. The lowest BCUT2D eigenvalue weighted by molar-refractivity contribution is 0.0931. The Balaban J connectivity index is 1.30. The molecule has 0 bridgehead atoms. The summed E-state index contributed by atoms with van der Waals surface area (Å²) in [4.78, 5) is 15.0. The Morgan fingerprint density at radius 3 is 2.72 bits per heavy atom. The van der Waals surface area contributed by atoms with Crippen molar-refractivity contribution in [2.75, 3.05) is 18.0 Å². The number of benzene rings is 2. The molecule has 1 fully saturated rings. The van der Waals surface area contributed by atoms with Crippen LogP contribution in [0.5, 0.6) is 0 Å². The van der Waals surface area contributed by atoms with Crippen LogP contribution in [0.1, 0.15) is 23.2 Å². The number of rotatable bonds is 4. The highest BCUT2D eigenvalue weighted by atomic mass is 32.1. The van der Waals surface area contributed by atoms with E-state index in [1.165, 1.54) is 11.7 Å². The summed E-state index contributed by atoms with van der Waals surface area (Å²) in [7, 11) is 0. The zero-order valence-corrected chi connectivity index (χ0v) is 16.4. The smallest absolute Gasteiger partial charge is 0.251 e. The van der Waals surface area contributed by atoms with Crippen LogP contribution in [0.4, 0.5) is 5.82 Å². The third kappa shape index (κ3) is 3.58. The number of nitrogens with zero attached hydrogens (tertiary/aromatic N) is 4. The summed E-state index contributed by atoms with van der Waals surface area (Å²) >= 11 is 1.22. The first-order valence-electron chi connectivity index (χ1n) is 9.56. The Morgan fingerprint density at radius 2 is 1.97 bits per heavy atom. The molecule has 0 radical (unpaired) electrons. The van der Waals surface area contributed by atoms with Crippen LogP contribution in [0.3, 0.4) is 0 Å². The van der Waals surface area contributed by atoms with Crippen LogP contribution in [0.15, 0.2) is 59.3 Å². The fraction of sp³-hybridized carbons (Fsp3) is 0.238. The maximum atomic E-state index is 12.8. The Labute approximate surface area is 171 Å². The number of anilines is 1. The van der Waals surface area contributed by atoms with Gasteiger partial charge in [0.2, 0.25) is 0 Å². The molecule has 2 aromatic carbocycles. The first kappa shape index (κ1) is 17.8. The molecule has 0 atom stereocenters. The number of aromatic nitrogens is 3. The summed E-state index contributed by atoms with van der Waals surface area (Å²) in [6.45, 7) is 1.72. The Kier molecular flexibility index (Phi) is 4.69. The SMILES string of the molecule is O=C(NC1CCN(c2cnsn2)CC1)c1ccc2noc(-c3ccccc3)c2c1. The molecule has 146 valence electrons. The summed E-state index contributed by atoms with van der Waals surface area (Å²) in [5.41, 5.74) is 2.30. The van der Waals surface area contributed by atoms with Gasteiger partial charge in [-0.05, 0) is 31.0 Å². The molecule has 2 aromatic heterocycles. The average molecular weight is 405 g/mol. The normalized spacial score (nSPS) is 15.0. The number of carbonyl (C=O) groups excluding carboxylic acids is 1. The maximum Gasteiger partial charge on any atom is 0.251 e. The molecule has 1 aliphatic heterocycles. The summed E-state index contributed by atoms with van der Waals surface area (Å²) in [5.74, 6) is 1.53. The van der Waals surface area contributed by atoms with Crippen LogP contribution < -0.4 is 10.2 Å². The second-order valence-corrected chi connectivity index (χ2v) is 7.67. The molecular formula is C21H19N5O2S. The van der Waals surface area contributed by atoms with E-state index >= 15 is 0 Å². The quantitative estimate of drug-likeness (QED) is 0.557. The van der Waals surface area contributed by atoms with Crippen molar-refractivity contribution in [3.05, 3.63) is 60.3 Å². The lowest BCUT2D eigenvalue weighted by Gasteiger charge is -2.32. The van der Waals surface area contributed by atoms with E-state index in [2.05, 4.69) is 24.1 Å². The molecule has 3 heterocycles. The lowest BCUT2D eigenvalue weighted by Crippen LogP contribution is -2.44. The van der Waals surface area contributed by atoms with Gasteiger partial charge in [0.15, 0.2) is 11.6 Å². The highest BCUT2D eigenvalue weighted by Gasteiger charge is 2.23. The van der Waals surface area contributed by atoms with Crippen LogP contribution in [-0.2, 0) is 0 Å². The minimum atomic E-state index is -0.0686. The van der Waals surface area contributed by atoms with Gasteiger partial charge in [0.25, 0.3) is 5.91 Å². The molecule has 29 heavy (non-hydrogen) atoms. The van der Waals surface area contributed by atoms with E-state index in [0.717, 1.165) is 48.2 Å². The minimum absolute atomic E-state index is 0.0686. The standard InChI is InChI=1S/C21H19N5O2S/c27-21(23-16-8-10-26(11-9-16)19-13-22-29-25-19)15-6-7-18-17(12-15)20(28-24-18)14-4-2-1-3-5-14/h1-7,12-13,16H,8-11H2,(H,23,27). The third-order valence-electron chi connectivity index (χ3n) is 5.28. The largest absolute Gasteiger partial charge is 0.355 e. The molecule has 5 rings (SSSR count). The summed E-state index contributed by atoms with van der Waals surface area (Å²) < 4.78 is 13.9. The van der Waals surface area contributed by atoms with Crippen LogP contribution in [-0.4, -0.2) is 38.9 Å². The Hall–Kier alpha value is -3.26. The molecule has 0 unspecified atom stereocenters. The molecule has 1 saturated heterocycles. The van der Waals surface area contributed by atoms with E-state index in [0.29, 0.717) is 11.3 Å². The molecule has 1 amide bonds. The van der Waals surface area contributed by atoms with E-state index in [9.17, 15) is 4.79 Å². The predicted octanol–water partition coefficient (Wildman–Crippen LogP) is 3.75. The molecule has 1 aliphatic rings. The molecular weight excluding hydrogens is 386 g/mol. The Morgan fingerprint density at radius 1 is 1.14 bits per heavy atom. The van der Waals surface area contributed by atoms with Crippen LogP contribution in [0, 0.1) is 0 Å². The van der Waals surface area contributed by atoms with Crippen molar-refractivity contribution >= 4 is 34.4 Å². The van der Waals surface area contributed by atoms with E-state index in [4.69, 9.17) is 4.52 Å². The Bertz CT molecular complexity index is 1120. The van der Waals surface area contributed by atoms with Crippen LogP contribution in [0.2, 0.25) is 0 Å². The van der Waals surface area contributed by atoms with E-state index in [-0.39, 0.29) is 11.9 Å². The van der Waals surface area contributed by atoms with Crippen molar-refractivity contribution < 1.29 is 9.32 Å². The fourth-order valence-corrected chi connectivity index (χ4v) is 4.14. The van der Waals surface area contributed by atoms with Gasteiger partial charge >= 0.3 is 0 Å². The number of fused-ring (bicyclic) bond motifs is 1. The molecule has 7 nitrogen and oxygen atoms in total. The average Bonchev–Trinajstić information content (AvgIpc) is 3.45. The number of nitrogens with one attached hydrogen (secondary N) is 1. The second kappa shape index (κ2) is 7.63. The van der Waals surface area contributed by atoms with Crippen molar-refractivity contribution in [3.63, 3.8) is 0 Å². The van der Waals surface area contributed by atoms with Gasteiger partial charge < -0.3 is 14.7 Å². The van der Waals surface area contributed by atoms with E-state index in [1.807, 2.05) is 42.5 Å². The fourth-order valence-electron chi connectivity index (χ4n) is 3.70. The van der Waals surface area contributed by atoms with Gasteiger partial charge in [-0.15, -0.1) is 0 Å². The molecule has 0 aliphatic carbocycles. The van der Waals surface area contributed by atoms with Gasteiger partial charge in [0, 0.05) is 30.3 Å². The van der Waals surface area contributed by atoms with Gasteiger partial charge in [-0.25, -0.2) is 0 Å². The van der Waals surface area contributed by atoms with Gasteiger partial charge in [0.05, 0.1) is 23.3 Å². The van der Waals surface area contributed by atoms with Gasteiger partial charge in [0.1, 0.15) is 5.52 Å². The topological polar surface area (TPSA) is 84.2 Å². The summed E-state index contributed by atoms with van der Waals surface area (Å²) in [6.07, 6.45) is 3.56. The zero-order valence-electron chi connectivity index (χ0n) is 15.6. The third-order valence-corrected chi connectivity index (χ3v) is 5.75.